The minimum Gasteiger partial charge on any atom is -0.207 e. The largest absolute Gasteiger partial charge is 0.207 e. The second kappa shape index (κ2) is 4.68. The average Bonchev–Trinajstić information content (AvgIpc) is 2.24. The molecule has 1 aromatic carbocycles. The summed E-state index contributed by atoms with van der Waals surface area (Å²) in [7, 11) is 0. The number of hydrogen-bond acceptors (Lipinski definition) is 3. The number of nitriles is 3. The summed E-state index contributed by atoms with van der Waals surface area (Å²) in [6, 6.07) is 6.96. The first-order valence-corrected chi connectivity index (χ1v) is 4.03. The van der Waals surface area contributed by atoms with E-state index in [1.165, 1.54) is 12.1 Å². The predicted molar refractivity (Wildman–Crippen MR) is 50.1 cm³/mol. The lowest BCUT2D eigenvalue weighted by atomic mass is 10.0. The topological polar surface area (TPSA) is 71.4 Å². The molecule has 0 saturated carbocycles. The summed E-state index contributed by atoms with van der Waals surface area (Å²) in [5, 5.41) is 25.9. The van der Waals surface area contributed by atoms with Crippen molar-refractivity contribution in [1.82, 2.24) is 0 Å². The van der Waals surface area contributed by atoms with Crippen LogP contribution >= 0.6 is 0 Å². The normalized spacial score (nSPS) is 8.44. The van der Waals surface area contributed by atoms with Crippen molar-refractivity contribution in [2.24, 2.45) is 0 Å². The fourth-order valence-corrected chi connectivity index (χ4v) is 1.10. The second-order valence-corrected chi connectivity index (χ2v) is 2.74. The monoisotopic (exact) mass is 215 g/mol. The number of nitrogens with zero attached hydrogens (tertiary/aromatic N) is 3. The lowest BCUT2D eigenvalue weighted by Crippen LogP contribution is -1.90. The van der Waals surface area contributed by atoms with Crippen molar-refractivity contribution in [2.75, 3.05) is 0 Å². The molecule has 0 bridgehead atoms. The predicted octanol–water partition coefficient (Wildman–Crippen LogP) is 2.29. The third kappa shape index (κ3) is 2.20. The van der Waals surface area contributed by atoms with Gasteiger partial charge in [0, 0.05) is 11.6 Å². The van der Waals surface area contributed by atoms with Gasteiger partial charge in [-0.25, -0.2) is 8.78 Å². The number of halogens is 2. The van der Waals surface area contributed by atoms with Crippen LogP contribution in [0.5, 0.6) is 0 Å². The van der Waals surface area contributed by atoms with Gasteiger partial charge in [-0.05, 0) is 12.1 Å². The van der Waals surface area contributed by atoms with Crippen LogP contribution in [-0.2, 0) is 0 Å². The maximum atomic E-state index is 12.9. The smallest absolute Gasteiger partial charge is 0.148 e. The molecule has 1 rings (SSSR count). The van der Waals surface area contributed by atoms with Gasteiger partial charge in [0.1, 0.15) is 35.4 Å². The van der Waals surface area contributed by atoms with E-state index in [1.807, 2.05) is 0 Å². The summed E-state index contributed by atoms with van der Waals surface area (Å²) < 4.78 is 25.7. The van der Waals surface area contributed by atoms with Crippen LogP contribution in [0.25, 0.3) is 5.57 Å². The van der Waals surface area contributed by atoms with E-state index in [0.29, 0.717) is 6.07 Å². The molecule has 0 atom stereocenters. The zero-order valence-electron chi connectivity index (χ0n) is 7.83. The van der Waals surface area contributed by atoms with Crippen LogP contribution in [0.15, 0.2) is 23.8 Å². The van der Waals surface area contributed by atoms with Gasteiger partial charge in [0.2, 0.25) is 0 Å². The summed E-state index contributed by atoms with van der Waals surface area (Å²) in [5.41, 5.74) is -0.950. The van der Waals surface area contributed by atoms with Gasteiger partial charge in [-0.15, -0.1) is 0 Å². The molecule has 0 N–H and O–H groups in total. The van der Waals surface area contributed by atoms with E-state index in [1.54, 1.807) is 6.07 Å². The lowest BCUT2D eigenvalue weighted by Gasteiger charge is -1.99. The third-order valence-electron chi connectivity index (χ3n) is 1.74. The van der Waals surface area contributed by atoms with Gasteiger partial charge in [0.25, 0.3) is 0 Å². The molecule has 3 nitrogen and oxygen atoms in total. The van der Waals surface area contributed by atoms with Crippen LogP contribution in [0, 0.1) is 45.6 Å². The molecule has 0 aliphatic heterocycles. The Labute approximate surface area is 90.1 Å². The highest BCUT2D eigenvalue weighted by Crippen LogP contribution is 2.19. The van der Waals surface area contributed by atoms with Crippen molar-refractivity contribution in [3.8, 4) is 18.2 Å². The number of rotatable bonds is 1. The molecule has 0 radical (unpaired) electrons. The molecule has 0 aromatic heterocycles. The second-order valence-electron chi connectivity index (χ2n) is 2.74. The first kappa shape index (κ1) is 11.4. The SMILES string of the molecule is N#CC(C#N)=C(C#N)c1cc(F)cc(F)c1. The molecule has 16 heavy (non-hydrogen) atoms. The lowest BCUT2D eigenvalue weighted by molar-refractivity contribution is 0.582. The molecular weight excluding hydrogens is 212 g/mol. The molecule has 0 aliphatic carbocycles. The third-order valence-corrected chi connectivity index (χ3v) is 1.74. The molecule has 0 spiro atoms. The van der Waals surface area contributed by atoms with Crippen LogP contribution in [0.4, 0.5) is 8.78 Å². The quantitative estimate of drug-likeness (QED) is 0.674. The van der Waals surface area contributed by atoms with Crippen LogP contribution < -0.4 is 0 Å². The van der Waals surface area contributed by atoms with E-state index in [0.717, 1.165) is 12.1 Å². The van der Waals surface area contributed by atoms with Crippen molar-refractivity contribution in [1.29, 1.82) is 15.8 Å². The summed E-state index contributed by atoms with van der Waals surface area (Å²) in [6.07, 6.45) is 0. The molecule has 0 unspecified atom stereocenters. The summed E-state index contributed by atoms with van der Waals surface area (Å²) in [5.74, 6) is -1.75. The summed E-state index contributed by atoms with van der Waals surface area (Å²) in [4.78, 5) is 0. The Morgan fingerprint density at radius 3 is 1.75 bits per heavy atom. The molecule has 0 heterocycles. The highest BCUT2D eigenvalue weighted by Gasteiger charge is 2.11. The van der Waals surface area contributed by atoms with E-state index >= 15 is 0 Å². The Bertz CT molecular complexity index is 546. The van der Waals surface area contributed by atoms with Crippen molar-refractivity contribution in [3.05, 3.63) is 41.0 Å². The zero-order valence-corrected chi connectivity index (χ0v) is 7.83. The minimum absolute atomic E-state index is 0.127. The Balaban J connectivity index is 3.50. The van der Waals surface area contributed by atoms with E-state index in [2.05, 4.69) is 0 Å². The molecular formula is C11H3F2N3. The maximum Gasteiger partial charge on any atom is 0.148 e. The van der Waals surface area contributed by atoms with E-state index in [4.69, 9.17) is 15.8 Å². The van der Waals surface area contributed by atoms with Gasteiger partial charge in [0.05, 0.1) is 5.57 Å². The van der Waals surface area contributed by atoms with Crippen LogP contribution in [0.3, 0.4) is 0 Å². The maximum absolute atomic E-state index is 12.9. The van der Waals surface area contributed by atoms with Gasteiger partial charge in [0.15, 0.2) is 0 Å². The Kier molecular flexibility index (Phi) is 3.33. The molecule has 0 saturated heterocycles. The van der Waals surface area contributed by atoms with Gasteiger partial charge in [-0.1, -0.05) is 0 Å². The van der Waals surface area contributed by atoms with Gasteiger partial charge in [-0.3, -0.25) is 0 Å². The van der Waals surface area contributed by atoms with Crippen molar-refractivity contribution in [3.63, 3.8) is 0 Å². The van der Waals surface area contributed by atoms with E-state index in [-0.39, 0.29) is 11.1 Å². The Hall–Kier alpha value is -2.71. The van der Waals surface area contributed by atoms with Crippen molar-refractivity contribution >= 4 is 5.57 Å². The van der Waals surface area contributed by atoms with Crippen LogP contribution in [0.2, 0.25) is 0 Å². The zero-order chi connectivity index (χ0) is 12.1. The fraction of sp³-hybridized carbons (Fsp3) is 0. The summed E-state index contributed by atoms with van der Waals surface area (Å²) >= 11 is 0. The highest BCUT2D eigenvalue weighted by molar-refractivity contribution is 5.84. The van der Waals surface area contributed by atoms with Crippen molar-refractivity contribution in [2.45, 2.75) is 0 Å². The number of benzene rings is 1. The van der Waals surface area contributed by atoms with Gasteiger partial charge < -0.3 is 0 Å². The summed E-state index contributed by atoms with van der Waals surface area (Å²) in [6.45, 7) is 0. The first-order valence-electron chi connectivity index (χ1n) is 4.03. The molecule has 5 heteroatoms. The number of allylic oxidation sites excluding steroid dienone is 2. The molecule has 76 valence electrons. The van der Waals surface area contributed by atoms with E-state index in [9.17, 15) is 8.78 Å². The molecule has 1 aromatic rings. The Morgan fingerprint density at radius 2 is 1.38 bits per heavy atom. The van der Waals surface area contributed by atoms with Crippen molar-refractivity contribution < 1.29 is 8.78 Å². The molecule has 0 amide bonds. The first-order chi connectivity index (χ1) is 7.62. The van der Waals surface area contributed by atoms with Gasteiger partial charge in [-0.2, -0.15) is 15.8 Å². The van der Waals surface area contributed by atoms with Crippen LogP contribution in [0.1, 0.15) is 5.56 Å². The highest BCUT2D eigenvalue weighted by atomic mass is 19.1. The number of hydrogen-bond donors (Lipinski definition) is 0. The average molecular weight is 215 g/mol. The molecule has 0 aliphatic rings. The van der Waals surface area contributed by atoms with E-state index < -0.39 is 17.2 Å². The van der Waals surface area contributed by atoms with Crippen LogP contribution in [-0.4, -0.2) is 0 Å². The van der Waals surface area contributed by atoms with Gasteiger partial charge >= 0.3 is 0 Å². The Morgan fingerprint density at radius 1 is 0.875 bits per heavy atom. The standard InChI is InChI=1S/C11H3F2N3/c12-9-1-7(2-10(13)3-9)11(6-16)8(4-14)5-15/h1-3H. The molecule has 0 fully saturated rings. The minimum atomic E-state index is -0.877. The fourth-order valence-electron chi connectivity index (χ4n) is 1.10.